The normalized spacial score (nSPS) is 12.7. The summed E-state index contributed by atoms with van der Waals surface area (Å²) < 4.78 is 12.0. The van der Waals surface area contributed by atoms with E-state index in [2.05, 4.69) is 0 Å². The van der Waals surface area contributed by atoms with E-state index in [9.17, 15) is 4.21 Å². The van der Waals surface area contributed by atoms with E-state index in [1.165, 1.54) is 0 Å². The molecule has 0 aliphatic rings. The van der Waals surface area contributed by atoms with Crippen LogP contribution >= 0.6 is 23.2 Å². The van der Waals surface area contributed by atoms with Crippen LogP contribution in [0.15, 0.2) is 23.1 Å². The van der Waals surface area contributed by atoms with E-state index in [-0.39, 0.29) is 0 Å². The molecule has 0 aromatic heterocycles. The van der Waals surface area contributed by atoms with E-state index in [4.69, 9.17) is 28.9 Å². The molecule has 90 valence electrons. The minimum Gasteiger partial charge on any atom is -0.330 e. The number of halogens is 2. The quantitative estimate of drug-likeness (QED) is 0.813. The number of unbranched alkanes of at least 4 members (excludes halogenated alkanes) is 2. The number of nitrogens with two attached hydrogens (primary N) is 1. The monoisotopic (exact) mass is 279 g/mol. The Labute approximate surface area is 109 Å². The molecule has 0 heterocycles. The average Bonchev–Trinajstić information content (AvgIpc) is 2.24. The first kappa shape index (κ1) is 14.0. The molecule has 0 bridgehead atoms. The van der Waals surface area contributed by atoms with Crippen molar-refractivity contribution in [3.05, 3.63) is 28.2 Å². The third-order valence-corrected chi connectivity index (χ3v) is 4.59. The zero-order valence-electron chi connectivity index (χ0n) is 8.92. The van der Waals surface area contributed by atoms with Gasteiger partial charge >= 0.3 is 0 Å². The summed E-state index contributed by atoms with van der Waals surface area (Å²) in [7, 11) is -1.11. The summed E-state index contributed by atoms with van der Waals surface area (Å²) in [5.41, 5.74) is 5.39. The standard InChI is InChI=1S/C11H15Cl2NOS/c12-9-5-4-6-10(13)11(9)16(15)8-3-1-2-7-14/h4-6H,1-3,7-8,14H2. The third-order valence-electron chi connectivity index (χ3n) is 2.18. The Kier molecular flexibility index (Phi) is 6.36. The van der Waals surface area contributed by atoms with Gasteiger partial charge in [-0.15, -0.1) is 0 Å². The van der Waals surface area contributed by atoms with Gasteiger partial charge in [-0.25, -0.2) is 0 Å². The second-order valence-corrected chi connectivity index (χ2v) is 5.77. The average molecular weight is 280 g/mol. The molecular weight excluding hydrogens is 265 g/mol. The van der Waals surface area contributed by atoms with E-state index in [1.807, 2.05) is 0 Å². The maximum atomic E-state index is 12.0. The van der Waals surface area contributed by atoms with Crippen LogP contribution in [0.5, 0.6) is 0 Å². The van der Waals surface area contributed by atoms with Crippen molar-refractivity contribution < 1.29 is 4.21 Å². The van der Waals surface area contributed by atoms with Crippen molar-refractivity contribution in [2.24, 2.45) is 5.73 Å². The largest absolute Gasteiger partial charge is 0.330 e. The predicted molar refractivity (Wildman–Crippen MR) is 70.6 cm³/mol. The number of benzene rings is 1. The van der Waals surface area contributed by atoms with E-state index in [0.717, 1.165) is 19.3 Å². The Morgan fingerprint density at radius 3 is 2.31 bits per heavy atom. The molecule has 1 aromatic rings. The minimum atomic E-state index is -1.11. The lowest BCUT2D eigenvalue weighted by Gasteiger charge is -2.06. The Bertz CT molecular complexity index is 351. The van der Waals surface area contributed by atoms with E-state index >= 15 is 0 Å². The zero-order valence-corrected chi connectivity index (χ0v) is 11.2. The molecule has 0 saturated carbocycles. The fraction of sp³-hybridized carbons (Fsp3) is 0.455. The molecule has 1 atom stereocenters. The van der Waals surface area contributed by atoms with Crippen LogP contribution in [0, 0.1) is 0 Å². The second kappa shape index (κ2) is 7.28. The zero-order chi connectivity index (χ0) is 12.0. The van der Waals surface area contributed by atoms with E-state index in [0.29, 0.717) is 27.2 Å². The van der Waals surface area contributed by atoms with E-state index < -0.39 is 10.8 Å². The highest BCUT2D eigenvalue weighted by Crippen LogP contribution is 2.28. The highest BCUT2D eigenvalue weighted by atomic mass is 35.5. The smallest absolute Gasteiger partial charge is 0.0760 e. The summed E-state index contributed by atoms with van der Waals surface area (Å²) in [5, 5.41) is 0.953. The molecule has 16 heavy (non-hydrogen) atoms. The fourth-order valence-corrected chi connectivity index (χ4v) is 3.51. The lowest BCUT2D eigenvalue weighted by atomic mass is 10.2. The van der Waals surface area contributed by atoms with Crippen molar-refractivity contribution in [3.63, 3.8) is 0 Å². The van der Waals surface area contributed by atoms with Gasteiger partial charge in [0.2, 0.25) is 0 Å². The van der Waals surface area contributed by atoms with Crippen molar-refractivity contribution >= 4 is 34.0 Å². The van der Waals surface area contributed by atoms with Crippen LogP contribution in [0.25, 0.3) is 0 Å². The number of hydrogen-bond donors (Lipinski definition) is 1. The molecule has 1 unspecified atom stereocenters. The highest BCUT2D eigenvalue weighted by Gasteiger charge is 2.12. The highest BCUT2D eigenvalue weighted by molar-refractivity contribution is 7.85. The van der Waals surface area contributed by atoms with Crippen LogP contribution in [0.1, 0.15) is 19.3 Å². The summed E-state index contributed by atoms with van der Waals surface area (Å²) in [5.74, 6) is 0.587. The maximum absolute atomic E-state index is 12.0. The van der Waals surface area contributed by atoms with Gasteiger partial charge in [0.15, 0.2) is 0 Å². The Hall–Kier alpha value is -0.0900. The molecule has 0 spiro atoms. The van der Waals surface area contributed by atoms with Crippen molar-refractivity contribution in [1.82, 2.24) is 0 Å². The first-order valence-corrected chi connectivity index (χ1v) is 7.26. The van der Waals surface area contributed by atoms with Crippen LogP contribution in [-0.2, 0) is 10.8 Å². The molecule has 0 amide bonds. The van der Waals surface area contributed by atoms with E-state index in [1.54, 1.807) is 18.2 Å². The van der Waals surface area contributed by atoms with Crippen LogP contribution in [0.2, 0.25) is 10.0 Å². The van der Waals surface area contributed by atoms with Gasteiger partial charge in [-0.1, -0.05) is 35.7 Å². The third kappa shape index (κ3) is 4.06. The van der Waals surface area contributed by atoms with Crippen LogP contribution < -0.4 is 5.73 Å². The molecule has 0 radical (unpaired) electrons. The molecule has 2 nitrogen and oxygen atoms in total. The molecule has 0 fully saturated rings. The van der Waals surface area contributed by atoms with Crippen LogP contribution in [-0.4, -0.2) is 16.5 Å². The molecule has 1 rings (SSSR count). The fourth-order valence-electron chi connectivity index (χ4n) is 1.36. The van der Waals surface area contributed by atoms with Gasteiger partial charge in [0.05, 0.1) is 25.7 Å². The van der Waals surface area contributed by atoms with Crippen molar-refractivity contribution in [3.8, 4) is 0 Å². The number of hydrogen-bond acceptors (Lipinski definition) is 2. The Balaban J connectivity index is 2.59. The van der Waals surface area contributed by atoms with Crippen molar-refractivity contribution in [2.75, 3.05) is 12.3 Å². The summed E-state index contributed by atoms with van der Waals surface area (Å²) in [6.45, 7) is 0.680. The molecule has 0 saturated heterocycles. The van der Waals surface area contributed by atoms with Crippen molar-refractivity contribution in [2.45, 2.75) is 24.2 Å². The molecular formula is C11H15Cl2NOS. The summed E-state index contributed by atoms with van der Waals surface area (Å²) >= 11 is 11.9. The summed E-state index contributed by atoms with van der Waals surface area (Å²) in [6, 6.07) is 5.17. The lowest BCUT2D eigenvalue weighted by Crippen LogP contribution is -2.02. The first-order chi connectivity index (χ1) is 7.66. The molecule has 5 heteroatoms. The van der Waals surface area contributed by atoms with Crippen LogP contribution in [0.3, 0.4) is 0 Å². The minimum absolute atomic E-state index is 0.477. The lowest BCUT2D eigenvalue weighted by molar-refractivity contribution is 0.673. The van der Waals surface area contributed by atoms with Gasteiger partial charge in [0.25, 0.3) is 0 Å². The predicted octanol–water partition coefficient (Wildman–Crippen LogP) is 3.23. The van der Waals surface area contributed by atoms with Gasteiger partial charge in [-0.2, -0.15) is 0 Å². The SMILES string of the molecule is NCCCCCS(=O)c1c(Cl)cccc1Cl. The first-order valence-electron chi connectivity index (χ1n) is 5.19. The van der Waals surface area contributed by atoms with Crippen molar-refractivity contribution in [1.29, 1.82) is 0 Å². The Morgan fingerprint density at radius 2 is 1.75 bits per heavy atom. The molecule has 1 aromatic carbocycles. The second-order valence-electron chi connectivity index (χ2n) is 3.45. The topological polar surface area (TPSA) is 43.1 Å². The maximum Gasteiger partial charge on any atom is 0.0760 e. The molecule has 0 aliphatic carbocycles. The van der Waals surface area contributed by atoms with Gasteiger partial charge in [0.1, 0.15) is 0 Å². The summed E-state index contributed by atoms with van der Waals surface area (Å²) in [4.78, 5) is 0.554. The van der Waals surface area contributed by atoms with Gasteiger partial charge < -0.3 is 5.73 Å². The Morgan fingerprint density at radius 1 is 1.12 bits per heavy atom. The van der Waals surface area contributed by atoms with Gasteiger partial charge in [0, 0.05) is 5.75 Å². The summed E-state index contributed by atoms with van der Waals surface area (Å²) in [6.07, 6.45) is 2.84. The number of rotatable bonds is 6. The van der Waals surface area contributed by atoms with Crippen LogP contribution in [0.4, 0.5) is 0 Å². The van der Waals surface area contributed by atoms with Gasteiger partial charge in [-0.05, 0) is 31.5 Å². The molecule has 2 N–H and O–H groups in total. The molecule has 0 aliphatic heterocycles. The van der Waals surface area contributed by atoms with Gasteiger partial charge in [-0.3, -0.25) is 4.21 Å².